The number of para-hydroxylation sites is 1. The summed E-state index contributed by atoms with van der Waals surface area (Å²) >= 11 is 5.93. The van der Waals surface area contributed by atoms with E-state index in [1.54, 1.807) is 36.1 Å². The molecule has 0 saturated carbocycles. The molecule has 1 aliphatic rings. The third-order valence-corrected chi connectivity index (χ3v) is 2.97. The molecule has 1 aromatic carbocycles. The molecule has 1 atom stereocenters. The van der Waals surface area contributed by atoms with Crippen LogP contribution in [0.2, 0.25) is 5.02 Å². The van der Waals surface area contributed by atoms with Gasteiger partial charge in [0.15, 0.2) is 6.10 Å². The zero-order valence-corrected chi connectivity index (χ0v) is 10.2. The lowest BCUT2D eigenvalue weighted by Gasteiger charge is -2.37. The van der Waals surface area contributed by atoms with E-state index in [1.165, 1.54) is 0 Å². The van der Waals surface area contributed by atoms with Crippen molar-refractivity contribution in [3.05, 3.63) is 29.3 Å². The van der Waals surface area contributed by atoms with Crippen LogP contribution in [0.15, 0.2) is 24.3 Å². The molecule has 0 radical (unpaired) electrons. The summed E-state index contributed by atoms with van der Waals surface area (Å²) in [6.07, 6.45) is -0.992. The molecule has 0 bridgehead atoms. The first-order valence-corrected chi connectivity index (χ1v) is 5.84. The predicted molar refractivity (Wildman–Crippen MR) is 64.1 cm³/mol. The smallest absolute Gasteiger partial charge is 0.263 e. The minimum absolute atomic E-state index is 0.129. The Morgan fingerprint density at radius 3 is 2.76 bits per heavy atom. The Kier molecular flexibility index (Phi) is 3.54. The Morgan fingerprint density at radius 1 is 1.53 bits per heavy atom. The molecule has 1 fully saturated rings. The van der Waals surface area contributed by atoms with Gasteiger partial charge in [-0.2, -0.15) is 0 Å². The van der Waals surface area contributed by atoms with Crippen LogP contribution in [0.3, 0.4) is 0 Å². The molecular formula is C12H14ClNO3. The topological polar surface area (TPSA) is 49.8 Å². The van der Waals surface area contributed by atoms with Crippen molar-refractivity contribution in [2.75, 3.05) is 13.1 Å². The van der Waals surface area contributed by atoms with E-state index in [2.05, 4.69) is 0 Å². The first-order valence-electron chi connectivity index (χ1n) is 5.46. The average molecular weight is 256 g/mol. The molecular weight excluding hydrogens is 242 g/mol. The van der Waals surface area contributed by atoms with Crippen LogP contribution in [0.1, 0.15) is 6.92 Å². The Bertz CT molecular complexity index is 418. The van der Waals surface area contributed by atoms with Crippen molar-refractivity contribution in [2.45, 2.75) is 19.1 Å². The van der Waals surface area contributed by atoms with E-state index in [9.17, 15) is 4.79 Å². The largest absolute Gasteiger partial charge is 0.479 e. The molecule has 1 aliphatic heterocycles. The highest BCUT2D eigenvalue weighted by atomic mass is 35.5. The molecule has 4 nitrogen and oxygen atoms in total. The third-order valence-electron chi connectivity index (χ3n) is 2.66. The number of aliphatic hydroxyl groups excluding tert-OH is 1. The number of halogens is 1. The van der Waals surface area contributed by atoms with Gasteiger partial charge in [-0.25, -0.2) is 0 Å². The number of benzene rings is 1. The summed E-state index contributed by atoms with van der Waals surface area (Å²) in [4.78, 5) is 13.4. The van der Waals surface area contributed by atoms with E-state index in [4.69, 9.17) is 21.4 Å². The number of amides is 1. The lowest BCUT2D eigenvalue weighted by molar-refractivity contribution is -0.148. The number of carbonyl (C=O) groups excluding carboxylic acids is 1. The number of aliphatic hydroxyl groups is 1. The van der Waals surface area contributed by atoms with E-state index in [1.807, 2.05) is 0 Å². The molecule has 1 amide bonds. The molecule has 0 spiro atoms. The minimum Gasteiger partial charge on any atom is -0.479 e. The van der Waals surface area contributed by atoms with E-state index >= 15 is 0 Å². The zero-order valence-electron chi connectivity index (χ0n) is 9.47. The first-order chi connectivity index (χ1) is 8.08. The summed E-state index contributed by atoms with van der Waals surface area (Å²) in [5, 5.41) is 9.61. The van der Waals surface area contributed by atoms with Gasteiger partial charge in [-0.1, -0.05) is 23.7 Å². The Morgan fingerprint density at radius 2 is 2.18 bits per heavy atom. The van der Waals surface area contributed by atoms with Gasteiger partial charge in [-0.05, 0) is 19.1 Å². The van der Waals surface area contributed by atoms with Gasteiger partial charge < -0.3 is 14.7 Å². The molecule has 2 rings (SSSR count). The molecule has 5 heteroatoms. The highest BCUT2D eigenvalue weighted by Gasteiger charge is 2.32. The third kappa shape index (κ3) is 2.70. The van der Waals surface area contributed by atoms with Gasteiger partial charge in [0.1, 0.15) is 5.75 Å². The van der Waals surface area contributed by atoms with Gasteiger partial charge in [0.2, 0.25) is 0 Å². The van der Waals surface area contributed by atoms with Crippen molar-refractivity contribution in [3.63, 3.8) is 0 Å². The summed E-state index contributed by atoms with van der Waals surface area (Å²) in [6, 6.07) is 7.03. The van der Waals surface area contributed by atoms with E-state index in [-0.39, 0.29) is 5.91 Å². The van der Waals surface area contributed by atoms with Crippen molar-refractivity contribution >= 4 is 17.5 Å². The molecule has 0 aliphatic carbocycles. The van der Waals surface area contributed by atoms with Crippen molar-refractivity contribution < 1.29 is 14.6 Å². The lowest BCUT2D eigenvalue weighted by Crippen LogP contribution is -2.56. The van der Waals surface area contributed by atoms with Crippen LogP contribution >= 0.6 is 11.6 Å². The van der Waals surface area contributed by atoms with Gasteiger partial charge in [-0.3, -0.25) is 4.79 Å². The fourth-order valence-electron chi connectivity index (χ4n) is 1.67. The van der Waals surface area contributed by atoms with Crippen molar-refractivity contribution in [3.8, 4) is 5.75 Å². The first kappa shape index (κ1) is 12.2. The second-order valence-electron chi connectivity index (χ2n) is 4.09. The lowest BCUT2D eigenvalue weighted by atomic mass is 10.1. The number of rotatable bonds is 3. The van der Waals surface area contributed by atoms with Crippen LogP contribution in [0.25, 0.3) is 0 Å². The minimum atomic E-state index is -0.595. The van der Waals surface area contributed by atoms with Crippen molar-refractivity contribution in [2.24, 2.45) is 0 Å². The summed E-state index contributed by atoms with van der Waals surface area (Å²) in [6.45, 7) is 2.44. The normalized spacial score (nSPS) is 17.5. The fraction of sp³-hybridized carbons (Fsp3) is 0.417. The molecule has 0 aromatic heterocycles. The molecule has 1 saturated heterocycles. The molecule has 1 N–H and O–H groups in total. The maximum Gasteiger partial charge on any atom is 0.263 e. The van der Waals surface area contributed by atoms with Crippen LogP contribution in [-0.4, -0.2) is 41.2 Å². The fourth-order valence-corrected chi connectivity index (χ4v) is 1.85. The molecule has 17 heavy (non-hydrogen) atoms. The van der Waals surface area contributed by atoms with Gasteiger partial charge in [0, 0.05) is 13.1 Å². The van der Waals surface area contributed by atoms with Gasteiger partial charge in [0.05, 0.1) is 11.1 Å². The quantitative estimate of drug-likeness (QED) is 0.886. The van der Waals surface area contributed by atoms with Crippen LogP contribution in [-0.2, 0) is 4.79 Å². The second kappa shape index (κ2) is 4.94. The molecule has 1 heterocycles. The van der Waals surface area contributed by atoms with Crippen LogP contribution in [0.5, 0.6) is 5.75 Å². The number of carbonyl (C=O) groups is 1. The van der Waals surface area contributed by atoms with E-state index < -0.39 is 12.2 Å². The average Bonchev–Trinajstić information content (AvgIpc) is 2.27. The SMILES string of the molecule is CC(Oc1ccccc1Cl)C(=O)N1CC(O)C1. The zero-order chi connectivity index (χ0) is 12.4. The van der Waals surface area contributed by atoms with Crippen LogP contribution < -0.4 is 4.74 Å². The molecule has 1 unspecified atom stereocenters. The molecule has 92 valence electrons. The number of hydrogen-bond acceptors (Lipinski definition) is 3. The van der Waals surface area contributed by atoms with Crippen molar-refractivity contribution in [1.82, 2.24) is 4.90 Å². The Hall–Kier alpha value is -1.26. The number of nitrogens with zero attached hydrogens (tertiary/aromatic N) is 1. The Labute approximate surface area is 105 Å². The summed E-state index contributed by atoms with van der Waals surface area (Å²) in [5.41, 5.74) is 0. The number of ether oxygens (including phenoxy) is 1. The summed E-state index contributed by atoms with van der Waals surface area (Å²) in [5.74, 6) is 0.367. The highest BCUT2D eigenvalue weighted by molar-refractivity contribution is 6.32. The monoisotopic (exact) mass is 255 g/mol. The predicted octanol–water partition coefficient (Wildman–Crippen LogP) is 1.31. The second-order valence-corrected chi connectivity index (χ2v) is 4.49. The highest BCUT2D eigenvalue weighted by Crippen LogP contribution is 2.24. The Balaban J connectivity index is 1.95. The van der Waals surface area contributed by atoms with Gasteiger partial charge >= 0.3 is 0 Å². The van der Waals surface area contributed by atoms with E-state index in [0.29, 0.717) is 23.9 Å². The number of likely N-dealkylation sites (tertiary alicyclic amines) is 1. The number of hydrogen-bond donors (Lipinski definition) is 1. The summed E-state index contributed by atoms with van der Waals surface area (Å²) < 4.78 is 5.49. The molecule has 1 aromatic rings. The number of β-amino-alcohol motifs (C(OH)–C–C–N with tert-alkyl or cyclic N) is 1. The maximum atomic E-state index is 11.8. The van der Waals surface area contributed by atoms with E-state index in [0.717, 1.165) is 0 Å². The standard InChI is InChI=1S/C12H14ClNO3/c1-8(12(16)14-6-9(15)7-14)17-11-5-3-2-4-10(11)13/h2-5,8-9,15H,6-7H2,1H3. The van der Waals surface area contributed by atoms with Gasteiger partial charge in [0.25, 0.3) is 5.91 Å². The van der Waals surface area contributed by atoms with Crippen molar-refractivity contribution in [1.29, 1.82) is 0 Å². The maximum absolute atomic E-state index is 11.8. The van der Waals surface area contributed by atoms with Crippen LogP contribution in [0.4, 0.5) is 0 Å². The summed E-state index contributed by atoms with van der Waals surface area (Å²) in [7, 11) is 0. The van der Waals surface area contributed by atoms with Gasteiger partial charge in [-0.15, -0.1) is 0 Å². The van der Waals surface area contributed by atoms with Crippen LogP contribution in [0, 0.1) is 0 Å².